The molecule has 0 radical (unpaired) electrons. The number of carbonyl (C=O) groups excluding carboxylic acids is 1. The minimum absolute atomic E-state index is 0. The normalized spacial score (nSPS) is 7.56. The van der Waals surface area contributed by atoms with Crippen LogP contribution in [0.2, 0.25) is 0 Å². The van der Waals surface area contributed by atoms with Gasteiger partial charge in [0, 0.05) is 6.07 Å². The first-order chi connectivity index (χ1) is 8.18. The molecule has 0 aromatic heterocycles. The van der Waals surface area contributed by atoms with Gasteiger partial charge in [-0.2, -0.15) is 0 Å². The summed E-state index contributed by atoms with van der Waals surface area (Å²) < 4.78 is 0. The summed E-state index contributed by atoms with van der Waals surface area (Å²) in [6, 6.07) is 14.2. The Balaban J connectivity index is 0. The van der Waals surface area contributed by atoms with Crippen LogP contribution in [0.15, 0.2) is 54.6 Å². The van der Waals surface area contributed by atoms with E-state index in [0.29, 0.717) is 0 Å². The zero-order valence-corrected chi connectivity index (χ0v) is 12.1. The molecule has 0 aliphatic carbocycles. The van der Waals surface area contributed by atoms with Crippen molar-refractivity contribution in [2.75, 3.05) is 0 Å². The number of rotatable bonds is 0. The van der Waals surface area contributed by atoms with Crippen molar-refractivity contribution in [2.45, 2.75) is 0 Å². The molecule has 2 aromatic rings. The summed E-state index contributed by atoms with van der Waals surface area (Å²) in [6.45, 7) is 2.00. The van der Waals surface area contributed by atoms with Crippen LogP contribution in [-0.4, -0.2) is 17.0 Å². The average molecular weight is 256 g/mol. The van der Waals surface area contributed by atoms with Crippen LogP contribution in [0, 0.1) is 0 Å². The Labute approximate surface area is 128 Å². The number of para-hydroxylation sites is 1. The van der Waals surface area contributed by atoms with Crippen molar-refractivity contribution in [3.05, 3.63) is 54.6 Å². The van der Waals surface area contributed by atoms with Crippen molar-refractivity contribution in [3.8, 4) is 17.2 Å². The first-order valence-corrected chi connectivity index (χ1v) is 4.67. The molecule has 0 fully saturated rings. The van der Waals surface area contributed by atoms with Crippen molar-refractivity contribution in [3.63, 3.8) is 0 Å². The van der Waals surface area contributed by atoms with Crippen molar-refractivity contribution >= 4 is 6.79 Å². The van der Waals surface area contributed by atoms with Crippen LogP contribution < -0.4 is 34.7 Å². The topological polar surface area (TPSA) is 80.6 Å². The van der Waals surface area contributed by atoms with E-state index in [1.807, 2.05) is 12.9 Å². The van der Waals surface area contributed by atoms with Crippen molar-refractivity contribution in [2.24, 2.45) is 0 Å². The molecule has 0 atom stereocenters. The van der Waals surface area contributed by atoms with E-state index < -0.39 is 0 Å². The molecule has 18 heavy (non-hydrogen) atoms. The maximum atomic E-state index is 10.3. The number of phenols is 2. The van der Waals surface area contributed by atoms with Gasteiger partial charge in [-0.05, 0) is 12.1 Å². The van der Waals surface area contributed by atoms with Gasteiger partial charge in [0.05, 0.1) is 0 Å². The molecule has 90 valence electrons. The number of hydrogen-bond acceptors (Lipinski definition) is 4. The molecule has 0 saturated carbocycles. The van der Waals surface area contributed by atoms with E-state index in [-0.39, 0.29) is 46.8 Å². The second-order valence-electron chi connectivity index (χ2n) is 2.83. The first-order valence-electron chi connectivity index (χ1n) is 4.67. The largest absolute Gasteiger partial charge is 1.00 e. The number of aromatic hydroxyl groups is 2. The predicted molar refractivity (Wildman–Crippen MR) is 62.8 cm³/mol. The summed E-state index contributed by atoms with van der Waals surface area (Å²) in [4.78, 5) is 8.00. The Morgan fingerprint density at radius 1 is 0.833 bits per heavy atom. The van der Waals surface area contributed by atoms with Gasteiger partial charge in [0.15, 0.2) is 0 Å². The van der Waals surface area contributed by atoms with Gasteiger partial charge in [0.25, 0.3) is 0 Å². The van der Waals surface area contributed by atoms with E-state index in [2.05, 4.69) is 0 Å². The third kappa shape index (κ3) is 9.72. The molecular weight excluding hydrogens is 243 g/mol. The smallest absolute Gasteiger partial charge is 0.872 e. The van der Waals surface area contributed by atoms with Crippen LogP contribution in [0.3, 0.4) is 0 Å². The second kappa shape index (κ2) is 12.0. The van der Waals surface area contributed by atoms with Gasteiger partial charge in [-0.25, -0.2) is 0 Å². The molecule has 0 heterocycles. The summed E-state index contributed by atoms with van der Waals surface area (Å²) in [5.41, 5.74) is 0. The predicted octanol–water partition coefficient (Wildman–Crippen LogP) is -1.32. The molecule has 0 bridgehead atoms. The van der Waals surface area contributed by atoms with E-state index in [4.69, 9.17) is 15.0 Å². The third-order valence-corrected chi connectivity index (χ3v) is 1.57. The van der Waals surface area contributed by atoms with Crippen LogP contribution in [0.25, 0.3) is 0 Å². The third-order valence-electron chi connectivity index (χ3n) is 1.57. The van der Waals surface area contributed by atoms with Crippen LogP contribution in [0.4, 0.5) is 0 Å². The summed E-state index contributed by atoms with van der Waals surface area (Å²) in [5, 5.41) is 27.6. The Morgan fingerprint density at radius 2 is 1.28 bits per heavy atom. The van der Waals surface area contributed by atoms with Gasteiger partial charge in [0.2, 0.25) is 0 Å². The maximum absolute atomic E-state index is 10.3. The average Bonchev–Trinajstić information content (AvgIpc) is 2.33. The summed E-state index contributed by atoms with van der Waals surface area (Å²) >= 11 is 0. The second-order valence-corrected chi connectivity index (χ2v) is 2.83. The van der Waals surface area contributed by atoms with Crippen molar-refractivity contribution < 1.29 is 49.7 Å². The summed E-state index contributed by atoms with van der Waals surface area (Å²) in [5.74, 6) is 0.248. The Morgan fingerprint density at radius 3 is 1.50 bits per heavy atom. The van der Waals surface area contributed by atoms with E-state index in [1.54, 1.807) is 18.2 Å². The molecule has 2 rings (SSSR count). The molecular formula is C13H13NaO4. The zero-order chi connectivity index (χ0) is 13.1. The Bertz CT molecular complexity index is 403. The molecule has 0 aliphatic heterocycles. The first kappa shape index (κ1) is 18.9. The zero-order valence-electron chi connectivity index (χ0n) is 10.1. The molecule has 0 saturated heterocycles. The van der Waals surface area contributed by atoms with Crippen LogP contribution >= 0.6 is 0 Å². The molecule has 0 aliphatic rings. The van der Waals surface area contributed by atoms with E-state index >= 15 is 0 Å². The van der Waals surface area contributed by atoms with Crippen molar-refractivity contribution in [1.82, 2.24) is 0 Å². The SMILES string of the molecule is C=O.Oc1cccc(O)c1.[Na+].[O-]c1ccccc1. The molecule has 0 spiro atoms. The number of carbonyl (C=O) groups is 1. The Hall–Kier alpha value is -1.49. The molecule has 4 nitrogen and oxygen atoms in total. The molecule has 5 heteroatoms. The van der Waals surface area contributed by atoms with Gasteiger partial charge in [0.1, 0.15) is 18.3 Å². The molecule has 2 aromatic carbocycles. The number of benzene rings is 2. The van der Waals surface area contributed by atoms with E-state index in [9.17, 15) is 5.11 Å². The van der Waals surface area contributed by atoms with Gasteiger partial charge < -0.3 is 20.1 Å². The number of phenolic OH excluding ortho intramolecular Hbond substituents is 2. The summed E-state index contributed by atoms with van der Waals surface area (Å²) in [7, 11) is 0. The van der Waals surface area contributed by atoms with Gasteiger partial charge >= 0.3 is 29.6 Å². The molecule has 2 N–H and O–H groups in total. The minimum atomic E-state index is 0. The van der Waals surface area contributed by atoms with Gasteiger partial charge in [-0.1, -0.05) is 36.4 Å². The van der Waals surface area contributed by atoms with E-state index in [0.717, 1.165) is 0 Å². The minimum Gasteiger partial charge on any atom is -0.872 e. The number of hydrogen-bond donors (Lipinski definition) is 2. The van der Waals surface area contributed by atoms with Gasteiger partial charge in [-0.15, -0.1) is 5.75 Å². The van der Waals surface area contributed by atoms with Crippen LogP contribution in [-0.2, 0) is 4.79 Å². The van der Waals surface area contributed by atoms with Gasteiger partial charge in [-0.3, -0.25) is 0 Å². The molecule has 0 unspecified atom stereocenters. The standard InChI is InChI=1S/C6H6O2.C6H6O.CH2O.Na/c7-5-2-1-3-6(8)4-5;7-6-4-2-1-3-5-6;1-2;/h1-4,7-8H;1-5,7H;1H2;/q;;;+1/p-1. The fraction of sp³-hybridized carbons (Fsp3) is 0. The quantitative estimate of drug-likeness (QED) is 0.573. The molecule has 0 amide bonds. The van der Waals surface area contributed by atoms with Crippen LogP contribution in [0.1, 0.15) is 0 Å². The monoisotopic (exact) mass is 256 g/mol. The fourth-order valence-electron chi connectivity index (χ4n) is 0.914. The van der Waals surface area contributed by atoms with Crippen LogP contribution in [0.5, 0.6) is 17.2 Å². The van der Waals surface area contributed by atoms with Crippen molar-refractivity contribution in [1.29, 1.82) is 0 Å². The van der Waals surface area contributed by atoms with E-state index in [1.165, 1.54) is 30.3 Å². The fourth-order valence-corrected chi connectivity index (χ4v) is 0.914. The summed E-state index contributed by atoms with van der Waals surface area (Å²) in [6.07, 6.45) is 0. The maximum Gasteiger partial charge on any atom is 1.00 e. The Kier molecular flexibility index (Phi) is 12.6.